The molecule has 1 saturated heterocycles. The fourth-order valence-corrected chi connectivity index (χ4v) is 2.67. The van der Waals surface area contributed by atoms with Crippen LogP contribution in [0.3, 0.4) is 0 Å². The highest BCUT2D eigenvalue weighted by molar-refractivity contribution is 5.39. The Hall–Kier alpha value is -1.63. The maximum Gasteiger partial charge on any atom is 0.323 e. The van der Waals surface area contributed by atoms with Crippen molar-refractivity contribution in [3.05, 3.63) is 0 Å². The van der Waals surface area contributed by atoms with Crippen molar-refractivity contribution in [1.29, 1.82) is 0 Å². The first-order chi connectivity index (χ1) is 10.1. The summed E-state index contributed by atoms with van der Waals surface area (Å²) in [5.74, 6) is 6.47. The maximum atomic E-state index is 5.60. The lowest BCUT2D eigenvalue weighted by atomic mass is 10.1. The zero-order valence-electron chi connectivity index (χ0n) is 13.2. The topological polar surface area (TPSA) is 89.2 Å². The van der Waals surface area contributed by atoms with Gasteiger partial charge in [-0.05, 0) is 33.1 Å². The first kappa shape index (κ1) is 15.8. The Morgan fingerprint density at radius 2 is 2.10 bits per heavy atom. The molecule has 0 radical (unpaired) electrons. The molecule has 1 aliphatic heterocycles. The number of anilines is 2. The van der Waals surface area contributed by atoms with E-state index in [9.17, 15) is 0 Å². The summed E-state index contributed by atoms with van der Waals surface area (Å²) in [4.78, 5) is 15.3. The summed E-state index contributed by atoms with van der Waals surface area (Å²) < 4.78 is 5.60. The molecule has 1 aliphatic rings. The molecule has 1 unspecified atom stereocenters. The molecule has 21 heavy (non-hydrogen) atoms. The van der Waals surface area contributed by atoms with Gasteiger partial charge in [0.25, 0.3) is 0 Å². The van der Waals surface area contributed by atoms with Crippen LogP contribution in [0.5, 0.6) is 6.01 Å². The lowest BCUT2D eigenvalue weighted by Gasteiger charge is -2.29. The second-order valence-electron chi connectivity index (χ2n) is 5.66. The average Bonchev–Trinajstić information content (AvgIpc) is 2.71. The van der Waals surface area contributed by atoms with Crippen LogP contribution in [-0.4, -0.2) is 33.6 Å². The van der Waals surface area contributed by atoms with Crippen LogP contribution in [0, 0.1) is 0 Å². The summed E-state index contributed by atoms with van der Waals surface area (Å²) in [6.07, 6.45) is 5.95. The first-order valence-corrected chi connectivity index (χ1v) is 7.80. The van der Waals surface area contributed by atoms with E-state index in [-0.39, 0.29) is 6.10 Å². The third-order valence-corrected chi connectivity index (χ3v) is 3.68. The van der Waals surface area contributed by atoms with Crippen molar-refractivity contribution in [3.8, 4) is 6.01 Å². The van der Waals surface area contributed by atoms with Crippen molar-refractivity contribution < 1.29 is 4.74 Å². The smallest absolute Gasteiger partial charge is 0.323 e. The highest BCUT2D eigenvalue weighted by Crippen LogP contribution is 2.25. The monoisotopic (exact) mass is 294 g/mol. The normalized spacial score (nSPS) is 19.5. The molecule has 2 heterocycles. The van der Waals surface area contributed by atoms with Crippen LogP contribution in [0.4, 0.5) is 11.9 Å². The molecule has 0 spiro atoms. The van der Waals surface area contributed by atoms with Crippen LogP contribution in [0.1, 0.15) is 52.9 Å². The molecular weight excluding hydrogens is 268 g/mol. The fraction of sp³-hybridized carbons (Fsp3) is 0.786. The number of aromatic nitrogens is 3. The molecule has 0 aliphatic carbocycles. The largest absolute Gasteiger partial charge is 0.461 e. The fourth-order valence-electron chi connectivity index (χ4n) is 2.67. The van der Waals surface area contributed by atoms with Crippen LogP contribution in [0.15, 0.2) is 0 Å². The lowest BCUT2D eigenvalue weighted by Crippen LogP contribution is -2.36. The number of nitrogens with two attached hydrogens (primary N) is 1. The number of hydrogen-bond acceptors (Lipinski definition) is 7. The minimum absolute atomic E-state index is 0.0111. The predicted octanol–water partition coefficient (Wildman–Crippen LogP) is 2.10. The summed E-state index contributed by atoms with van der Waals surface area (Å²) in [7, 11) is 0. The molecule has 1 aromatic heterocycles. The Labute approximate surface area is 126 Å². The Balaban J connectivity index is 2.30. The van der Waals surface area contributed by atoms with E-state index in [2.05, 4.69) is 32.2 Å². The standard InChI is InChI=1S/C14H26N6O/c1-4-11-8-6-5-7-9-20(11)13-16-12(19-15)17-14(18-13)21-10(2)3/h10-11H,4-9,15H2,1-3H3,(H,16,17,18,19). The van der Waals surface area contributed by atoms with Gasteiger partial charge in [-0.15, -0.1) is 0 Å². The van der Waals surface area contributed by atoms with Crippen LogP contribution < -0.4 is 20.9 Å². The zero-order chi connectivity index (χ0) is 15.2. The SMILES string of the molecule is CCC1CCCCCN1c1nc(NN)nc(OC(C)C)n1. The molecule has 7 heteroatoms. The molecule has 1 atom stereocenters. The van der Waals surface area contributed by atoms with Crippen LogP contribution in [0.25, 0.3) is 0 Å². The molecule has 0 amide bonds. The Morgan fingerprint density at radius 1 is 1.29 bits per heavy atom. The first-order valence-electron chi connectivity index (χ1n) is 7.80. The summed E-state index contributed by atoms with van der Waals surface area (Å²) in [6, 6.07) is 0.787. The number of nitrogens with zero attached hydrogens (tertiary/aromatic N) is 4. The molecule has 3 N–H and O–H groups in total. The van der Waals surface area contributed by atoms with Gasteiger partial charge in [-0.1, -0.05) is 19.8 Å². The highest BCUT2D eigenvalue weighted by Gasteiger charge is 2.23. The van der Waals surface area contributed by atoms with E-state index in [4.69, 9.17) is 10.6 Å². The molecule has 0 bridgehead atoms. The summed E-state index contributed by atoms with van der Waals surface area (Å²) in [5.41, 5.74) is 2.50. The van der Waals surface area contributed by atoms with Gasteiger partial charge < -0.3 is 9.64 Å². The van der Waals surface area contributed by atoms with Crippen molar-refractivity contribution in [2.75, 3.05) is 16.9 Å². The van der Waals surface area contributed by atoms with Crippen molar-refractivity contribution in [2.45, 2.75) is 65.0 Å². The number of hydrazine groups is 1. The van der Waals surface area contributed by atoms with Gasteiger partial charge in [-0.2, -0.15) is 15.0 Å². The quantitative estimate of drug-likeness (QED) is 0.635. The molecule has 7 nitrogen and oxygen atoms in total. The molecule has 118 valence electrons. The van der Waals surface area contributed by atoms with Crippen molar-refractivity contribution in [2.24, 2.45) is 5.84 Å². The van der Waals surface area contributed by atoms with E-state index in [1.165, 1.54) is 19.3 Å². The van der Waals surface area contributed by atoms with Crippen LogP contribution >= 0.6 is 0 Å². The second-order valence-corrected chi connectivity index (χ2v) is 5.66. The van der Waals surface area contributed by atoms with E-state index in [0.717, 1.165) is 19.4 Å². The van der Waals surface area contributed by atoms with E-state index < -0.39 is 0 Å². The average molecular weight is 294 g/mol. The van der Waals surface area contributed by atoms with Crippen LogP contribution in [0.2, 0.25) is 0 Å². The molecule has 0 saturated carbocycles. The number of rotatable bonds is 5. The van der Waals surface area contributed by atoms with Crippen molar-refractivity contribution >= 4 is 11.9 Å². The van der Waals surface area contributed by atoms with E-state index in [1.807, 2.05) is 13.8 Å². The Bertz CT molecular complexity index is 453. The van der Waals surface area contributed by atoms with Gasteiger partial charge in [-0.25, -0.2) is 5.84 Å². The number of nitrogens with one attached hydrogen (secondary N) is 1. The summed E-state index contributed by atoms with van der Waals surface area (Å²) in [5, 5.41) is 0. The van der Waals surface area contributed by atoms with Gasteiger partial charge in [-0.3, -0.25) is 5.43 Å². The number of ether oxygens (including phenoxy) is 1. The van der Waals surface area contributed by atoms with Gasteiger partial charge in [0.2, 0.25) is 11.9 Å². The Morgan fingerprint density at radius 3 is 2.76 bits per heavy atom. The summed E-state index contributed by atoms with van der Waals surface area (Å²) in [6.45, 7) is 7.06. The van der Waals surface area contributed by atoms with Gasteiger partial charge in [0.05, 0.1) is 6.10 Å². The molecular formula is C14H26N6O. The molecule has 0 aromatic carbocycles. The van der Waals surface area contributed by atoms with Crippen molar-refractivity contribution in [1.82, 2.24) is 15.0 Å². The van der Waals surface area contributed by atoms with E-state index in [0.29, 0.717) is 23.9 Å². The third kappa shape index (κ3) is 4.17. The molecule has 1 fully saturated rings. The second kappa shape index (κ2) is 7.40. The van der Waals surface area contributed by atoms with E-state index in [1.54, 1.807) is 0 Å². The minimum atomic E-state index is 0.0111. The minimum Gasteiger partial charge on any atom is -0.461 e. The van der Waals surface area contributed by atoms with E-state index >= 15 is 0 Å². The predicted molar refractivity (Wildman–Crippen MR) is 83.3 cm³/mol. The van der Waals surface area contributed by atoms with Crippen molar-refractivity contribution in [3.63, 3.8) is 0 Å². The molecule has 2 rings (SSSR count). The zero-order valence-corrected chi connectivity index (χ0v) is 13.2. The third-order valence-electron chi connectivity index (χ3n) is 3.68. The van der Waals surface area contributed by atoms with Gasteiger partial charge in [0, 0.05) is 12.6 Å². The van der Waals surface area contributed by atoms with Gasteiger partial charge >= 0.3 is 6.01 Å². The highest BCUT2D eigenvalue weighted by atomic mass is 16.5. The summed E-state index contributed by atoms with van der Waals surface area (Å²) >= 11 is 0. The molecule has 1 aromatic rings. The lowest BCUT2D eigenvalue weighted by molar-refractivity contribution is 0.222. The van der Waals surface area contributed by atoms with Crippen LogP contribution in [-0.2, 0) is 0 Å². The number of hydrogen-bond donors (Lipinski definition) is 2. The van der Waals surface area contributed by atoms with Gasteiger partial charge in [0.1, 0.15) is 0 Å². The number of nitrogen functional groups attached to an aromatic ring is 1. The van der Waals surface area contributed by atoms with Gasteiger partial charge in [0.15, 0.2) is 0 Å². The Kier molecular flexibility index (Phi) is 5.55. The maximum absolute atomic E-state index is 5.60.